The van der Waals surface area contributed by atoms with Crippen LogP contribution in [0.3, 0.4) is 0 Å². The third kappa shape index (κ3) is 3.44. The average molecular weight is 258 g/mol. The average Bonchev–Trinajstić information content (AvgIpc) is 2.86. The highest BCUT2D eigenvalue weighted by Gasteiger charge is 2.09. The van der Waals surface area contributed by atoms with Crippen LogP contribution in [-0.2, 0) is 17.6 Å². The van der Waals surface area contributed by atoms with Gasteiger partial charge in [-0.3, -0.25) is 9.89 Å². The Kier molecular flexibility index (Phi) is 4.34. The summed E-state index contributed by atoms with van der Waals surface area (Å²) in [7, 11) is 0. The van der Waals surface area contributed by atoms with Crippen LogP contribution in [0.1, 0.15) is 30.9 Å². The van der Waals surface area contributed by atoms with Crippen molar-refractivity contribution < 1.29 is 9.90 Å². The Balaban J connectivity index is 2.17. The Bertz CT molecular complexity index is 544. The third-order valence-corrected chi connectivity index (χ3v) is 3.11. The van der Waals surface area contributed by atoms with Gasteiger partial charge in [0.25, 0.3) is 0 Å². The maximum atomic E-state index is 10.6. The fourth-order valence-corrected chi connectivity index (χ4v) is 2.12. The van der Waals surface area contributed by atoms with Gasteiger partial charge in [-0.2, -0.15) is 5.10 Å². The van der Waals surface area contributed by atoms with Crippen LogP contribution in [0.2, 0.25) is 0 Å². The van der Waals surface area contributed by atoms with E-state index in [4.69, 9.17) is 5.11 Å². The summed E-state index contributed by atoms with van der Waals surface area (Å²) >= 11 is 0. The van der Waals surface area contributed by atoms with Gasteiger partial charge in [-0.15, -0.1) is 0 Å². The minimum atomic E-state index is -0.787. The van der Waals surface area contributed by atoms with Crippen LogP contribution < -0.4 is 0 Å². The van der Waals surface area contributed by atoms with E-state index in [1.807, 2.05) is 0 Å². The molecule has 1 aromatic heterocycles. The predicted molar refractivity (Wildman–Crippen MR) is 74.0 cm³/mol. The lowest BCUT2D eigenvalue weighted by molar-refractivity contribution is -0.136. The minimum absolute atomic E-state index is 0.125. The van der Waals surface area contributed by atoms with E-state index in [0.29, 0.717) is 6.42 Å². The van der Waals surface area contributed by atoms with Gasteiger partial charge in [-0.25, -0.2) is 0 Å². The van der Waals surface area contributed by atoms with Crippen LogP contribution in [0.4, 0.5) is 0 Å². The lowest BCUT2D eigenvalue weighted by Gasteiger charge is -2.04. The Morgan fingerprint density at radius 2 is 2.00 bits per heavy atom. The molecule has 0 amide bonds. The Morgan fingerprint density at radius 1 is 1.26 bits per heavy atom. The molecule has 2 aromatic rings. The summed E-state index contributed by atoms with van der Waals surface area (Å²) in [5.41, 5.74) is 4.24. The van der Waals surface area contributed by atoms with Crippen molar-refractivity contribution in [3.63, 3.8) is 0 Å². The van der Waals surface area contributed by atoms with Crippen molar-refractivity contribution in [2.45, 2.75) is 32.6 Å². The minimum Gasteiger partial charge on any atom is -0.481 e. The molecule has 4 nitrogen and oxygen atoms in total. The molecule has 0 aliphatic rings. The summed E-state index contributed by atoms with van der Waals surface area (Å²) in [5.74, 6) is -0.787. The van der Waals surface area contributed by atoms with Crippen molar-refractivity contribution >= 4 is 5.97 Å². The molecule has 0 aliphatic heterocycles. The largest absolute Gasteiger partial charge is 0.481 e. The van der Waals surface area contributed by atoms with Gasteiger partial charge in [0.1, 0.15) is 0 Å². The number of aromatic amines is 1. The van der Waals surface area contributed by atoms with Gasteiger partial charge in [0.05, 0.1) is 11.9 Å². The standard InChI is InChI=1S/C15H18N2O2/c1-2-3-11-4-6-12(7-5-11)15-13(10-16-17-15)8-9-14(18)19/h4-7,10H,2-3,8-9H2,1H3,(H,16,17)(H,18,19). The second-order valence-electron chi connectivity index (χ2n) is 4.61. The molecule has 0 saturated carbocycles. The topological polar surface area (TPSA) is 66.0 Å². The van der Waals surface area contributed by atoms with E-state index < -0.39 is 5.97 Å². The van der Waals surface area contributed by atoms with E-state index in [1.165, 1.54) is 5.56 Å². The summed E-state index contributed by atoms with van der Waals surface area (Å²) in [6, 6.07) is 8.34. The van der Waals surface area contributed by atoms with E-state index in [1.54, 1.807) is 6.20 Å². The SMILES string of the molecule is CCCc1ccc(-c2[nH]ncc2CCC(=O)O)cc1. The Labute approximate surface area is 112 Å². The summed E-state index contributed by atoms with van der Waals surface area (Å²) < 4.78 is 0. The van der Waals surface area contributed by atoms with Crippen LogP contribution in [0, 0.1) is 0 Å². The molecule has 2 N–H and O–H groups in total. The van der Waals surface area contributed by atoms with Gasteiger partial charge < -0.3 is 5.11 Å². The first-order valence-electron chi connectivity index (χ1n) is 6.54. The molecule has 100 valence electrons. The molecule has 0 atom stereocenters. The lowest BCUT2D eigenvalue weighted by Crippen LogP contribution is -1.97. The molecule has 0 saturated heterocycles. The van der Waals surface area contributed by atoms with Crippen LogP contribution in [0.5, 0.6) is 0 Å². The van der Waals surface area contributed by atoms with Gasteiger partial charge in [-0.05, 0) is 29.5 Å². The highest BCUT2D eigenvalue weighted by Crippen LogP contribution is 2.22. The van der Waals surface area contributed by atoms with E-state index in [-0.39, 0.29) is 6.42 Å². The van der Waals surface area contributed by atoms with Crippen molar-refractivity contribution in [3.8, 4) is 11.3 Å². The molecular weight excluding hydrogens is 240 g/mol. The van der Waals surface area contributed by atoms with Crippen LogP contribution in [-0.4, -0.2) is 21.3 Å². The second kappa shape index (κ2) is 6.18. The molecule has 0 spiro atoms. The van der Waals surface area contributed by atoms with Gasteiger partial charge >= 0.3 is 5.97 Å². The number of nitrogens with one attached hydrogen (secondary N) is 1. The van der Waals surface area contributed by atoms with Crippen LogP contribution in [0.15, 0.2) is 30.5 Å². The maximum Gasteiger partial charge on any atom is 0.303 e. The highest BCUT2D eigenvalue weighted by atomic mass is 16.4. The summed E-state index contributed by atoms with van der Waals surface area (Å²) in [5, 5.41) is 15.7. The van der Waals surface area contributed by atoms with Gasteiger partial charge in [0.2, 0.25) is 0 Å². The van der Waals surface area contributed by atoms with E-state index in [2.05, 4.69) is 41.4 Å². The van der Waals surface area contributed by atoms with Crippen molar-refractivity contribution in [1.82, 2.24) is 10.2 Å². The van der Waals surface area contributed by atoms with Crippen molar-refractivity contribution in [2.75, 3.05) is 0 Å². The van der Waals surface area contributed by atoms with Gasteiger partial charge in [-0.1, -0.05) is 37.6 Å². The summed E-state index contributed by atoms with van der Waals surface area (Å²) in [4.78, 5) is 10.6. The molecular formula is C15H18N2O2. The normalized spacial score (nSPS) is 10.6. The lowest BCUT2D eigenvalue weighted by atomic mass is 10.0. The molecule has 2 rings (SSSR count). The number of carboxylic acid groups (broad SMARTS) is 1. The molecule has 4 heteroatoms. The third-order valence-electron chi connectivity index (χ3n) is 3.11. The number of rotatable bonds is 6. The zero-order chi connectivity index (χ0) is 13.7. The number of carbonyl (C=O) groups is 1. The molecule has 0 unspecified atom stereocenters. The molecule has 0 aliphatic carbocycles. The molecule has 1 heterocycles. The fraction of sp³-hybridized carbons (Fsp3) is 0.333. The number of H-pyrrole nitrogens is 1. The number of aliphatic carboxylic acids is 1. The first-order valence-corrected chi connectivity index (χ1v) is 6.54. The van der Waals surface area contributed by atoms with Gasteiger partial charge in [0.15, 0.2) is 0 Å². The van der Waals surface area contributed by atoms with Crippen molar-refractivity contribution in [2.24, 2.45) is 0 Å². The highest BCUT2D eigenvalue weighted by molar-refractivity contribution is 5.68. The summed E-state index contributed by atoms with van der Waals surface area (Å²) in [6.07, 6.45) is 4.54. The number of benzene rings is 1. The van der Waals surface area contributed by atoms with Crippen LogP contribution in [0.25, 0.3) is 11.3 Å². The maximum absolute atomic E-state index is 10.6. The number of aromatic nitrogens is 2. The fourth-order valence-electron chi connectivity index (χ4n) is 2.12. The monoisotopic (exact) mass is 258 g/mol. The van der Waals surface area contributed by atoms with E-state index >= 15 is 0 Å². The predicted octanol–water partition coefficient (Wildman–Crippen LogP) is 3.05. The Morgan fingerprint density at radius 3 is 2.63 bits per heavy atom. The van der Waals surface area contributed by atoms with Crippen LogP contribution >= 0.6 is 0 Å². The molecule has 1 aromatic carbocycles. The quantitative estimate of drug-likeness (QED) is 0.837. The van der Waals surface area contributed by atoms with E-state index in [9.17, 15) is 4.79 Å². The second-order valence-corrected chi connectivity index (χ2v) is 4.61. The number of nitrogens with zero attached hydrogens (tertiary/aromatic N) is 1. The van der Waals surface area contributed by atoms with E-state index in [0.717, 1.165) is 29.7 Å². The Hall–Kier alpha value is -2.10. The first kappa shape index (κ1) is 13.3. The summed E-state index contributed by atoms with van der Waals surface area (Å²) in [6.45, 7) is 2.16. The zero-order valence-corrected chi connectivity index (χ0v) is 11.0. The van der Waals surface area contributed by atoms with Crippen molar-refractivity contribution in [3.05, 3.63) is 41.6 Å². The van der Waals surface area contributed by atoms with Crippen molar-refractivity contribution in [1.29, 1.82) is 0 Å². The number of aryl methyl sites for hydroxylation is 2. The molecule has 19 heavy (non-hydrogen) atoms. The molecule has 0 fully saturated rings. The number of carboxylic acids is 1. The zero-order valence-electron chi connectivity index (χ0n) is 11.0. The molecule has 0 bridgehead atoms. The smallest absolute Gasteiger partial charge is 0.303 e. The first-order chi connectivity index (χ1) is 9.20. The van der Waals surface area contributed by atoms with Gasteiger partial charge in [0, 0.05) is 6.42 Å². The molecule has 0 radical (unpaired) electrons. The number of hydrogen-bond donors (Lipinski definition) is 2. The number of hydrogen-bond acceptors (Lipinski definition) is 2.